The van der Waals surface area contributed by atoms with Crippen LogP contribution in [0.15, 0.2) is 0 Å². The standard InChI is InChI=1S/C13H27S2/c1-2-3-4-9-12-15-13-10-7-5-6-8-11-14/h2-13H2,1H3. The van der Waals surface area contributed by atoms with Crippen LogP contribution < -0.4 is 0 Å². The maximum atomic E-state index is 4.92. The summed E-state index contributed by atoms with van der Waals surface area (Å²) in [6.07, 6.45) is 12.5. The van der Waals surface area contributed by atoms with Gasteiger partial charge in [-0.05, 0) is 30.8 Å². The van der Waals surface area contributed by atoms with Gasteiger partial charge >= 0.3 is 0 Å². The van der Waals surface area contributed by atoms with Crippen molar-refractivity contribution >= 4 is 24.4 Å². The lowest BCUT2D eigenvalue weighted by atomic mass is 10.2. The normalized spacial score (nSPS) is 10.8. The fourth-order valence-electron chi connectivity index (χ4n) is 1.57. The van der Waals surface area contributed by atoms with Crippen LogP contribution in [0.25, 0.3) is 0 Å². The lowest BCUT2D eigenvalue weighted by Gasteiger charge is -2.01. The van der Waals surface area contributed by atoms with Crippen LogP contribution in [0.3, 0.4) is 0 Å². The Hall–Kier alpha value is 0.700. The van der Waals surface area contributed by atoms with E-state index < -0.39 is 0 Å². The Balaban J connectivity index is 2.81. The van der Waals surface area contributed by atoms with Crippen LogP contribution >= 0.6 is 24.4 Å². The highest BCUT2D eigenvalue weighted by Gasteiger charge is 1.92. The summed E-state index contributed by atoms with van der Waals surface area (Å²) in [6.45, 7) is 2.27. The van der Waals surface area contributed by atoms with Crippen LogP contribution in [0.5, 0.6) is 0 Å². The summed E-state index contributed by atoms with van der Waals surface area (Å²) in [4.78, 5) is 0. The van der Waals surface area contributed by atoms with Crippen LogP contribution in [-0.2, 0) is 0 Å². The Morgan fingerprint density at radius 2 is 1.27 bits per heavy atom. The molecule has 0 nitrogen and oxygen atoms in total. The van der Waals surface area contributed by atoms with E-state index in [0.29, 0.717) is 0 Å². The average molecular weight is 247 g/mol. The Morgan fingerprint density at radius 1 is 0.733 bits per heavy atom. The zero-order chi connectivity index (χ0) is 11.2. The Morgan fingerprint density at radius 3 is 1.87 bits per heavy atom. The molecule has 0 aromatic heterocycles. The molecule has 0 saturated heterocycles. The monoisotopic (exact) mass is 247 g/mol. The zero-order valence-corrected chi connectivity index (χ0v) is 11.9. The number of rotatable bonds is 12. The van der Waals surface area contributed by atoms with E-state index in [4.69, 9.17) is 12.6 Å². The quantitative estimate of drug-likeness (QED) is 0.413. The molecule has 0 N–H and O–H groups in total. The molecule has 0 heterocycles. The first kappa shape index (κ1) is 15.7. The molecule has 0 amide bonds. The second kappa shape index (κ2) is 14.7. The minimum absolute atomic E-state index is 0.951. The number of hydrogen-bond donors (Lipinski definition) is 0. The Labute approximate surface area is 106 Å². The summed E-state index contributed by atoms with van der Waals surface area (Å²) in [5.41, 5.74) is 0. The topological polar surface area (TPSA) is 0 Å². The molecule has 0 spiro atoms. The zero-order valence-electron chi connectivity index (χ0n) is 10.3. The SMILES string of the molecule is CCCCCCSCCCCCCC[S]. The maximum absolute atomic E-state index is 4.92. The van der Waals surface area contributed by atoms with Gasteiger partial charge in [0.2, 0.25) is 0 Å². The summed E-state index contributed by atoms with van der Waals surface area (Å²) in [5.74, 6) is 3.71. The second-order valence-electron chi connectivity index (χ2n) is 4.14. The highest BCUT2D eigenvalue weighted by molar-refractivity contribution is 7.99. The third-order valence-electron chi connectivity index (χ3n) is 2.58. The van der Waals surface area contributed by atoms with Gasteiger partial charge in [0.05, 0.1) is 0 Å². The molecule has 0 saturated carbocycles. The molecule has 0 aromatic rings. The lowest BCUT2D eigenvalue weighted by Crippen LogP contribution is -1.86. The van der Waals surface area contributed by atoms with Crippen molar-refractivity contribution in [3.63, 3.8) is 0 Å². The van der Waals surface area contributed by atoms with E-state index in [1.165, 1.54) is 69.3 Å². The molecule has 15 heavy (non-hydrogen) atoms. The lowest BCUT2D eigenvalue weighted by molar-refractivity contribution is 0.662. The summed E-state index contributed by atoms with van der Waals surface area (Å²) in [6, 6.07) is 0. The fraction of sp³-hybridized carbons (Fsp3) is 1.00. The summed E-state index contributed by atoms with van der Waals surface area (Å²) >= 11 is 7.06. The minimum Gasteiger partial charge on any atom is -0.162 e. The predicted octanol–water partition coefficient (Wildman–Crippen LogP) is 5.45. The third-order valence-corrected chi connectivity index (χ3v) is 4.02. The van der Waals surface area contributed by atoms with E-state index in [0.717, 1.165) is 5.75 Å². The summed E-state index contributed by atoms with van der Waals surface area (Å²) in [5, 5.41) is 0. The van der Waals surface area contributed by atoms with Gasteiger partial charge in [-0.3, -0.25) is 0 Å². The van der Waals surface area contributed by atoms with Gasteiger partial charge in [0.25, 0.3) is 0 Å². The van der Waals surface area contributed by atoms with Gasteiger partial charge < -0.3 is 0 Å². The first-order chi connectivity index (χ1) is 7.41. The highest BCUT2D eigenvalue weighted by Crippen LogP contribution is 2.11. The summed E-state index contributed by atoms with van der Waals surface area (Å²) in [7, 11) is 0. The van der Waals surface area contributed by atoms with Crippen LogP contribution in [0, 0.1) is 0 Å². The molecule has 0 bridgehead atoms. The molecular weight excluding hydrogens is 220 g/mol. The first-order valence-corrected chi connectivity index (χ1v) is 8.31. The van der Waals surface area contributed by atoms with Crippen molar-refractivity contribution in [1.82, 2.24) is 0 Å². The molecule has 0 aliphatic rings. The maximum Gasteiger partial charge on any atom is 0.00369 e. The van der Waals surface area contributed by atoms with E-state index in [1.807, 2.05) is 0 Å². The molecule has 0 fully saturated rings. The van der Waals surface area contributed by atoms with Crippen molar-refractivity contribution in [1.29, 1.82) is 0 Å². The van der Waals surface area contributed by atoms with Crippen molar-refractivity contribution < 1.29 is 0 Å². The van der Waals surface area contributed by atoms with Gasteiger partial charge in [0, 0.05) is 5.75 Å². The molecule has 0 unspecified atom stereocenters. The highest BCUT2D eigenvalue weighted by atomic mass is 32.2. The van der Waals surface area contributed by atoms with E-state index in [2.05, 4.69) is 18.7 Å². The largest absolute Gasteiger partial charge is 0.162 e. The second-order valence-corrected chi connectivity index (χ2v) is 5.78. The number of hydrogen-bond acceptors (Lipinski definition) is 1. The number of thioether (sulfide) groups is 1. The molecule has 0 rings (SSSR count). The fourth-order valence-corrected chi connectivity index (χ4v) is 2.79. The molecule has 0 atom stereocenters. The Kier molecular flexibility index (Phi) is 15.4. The van der Waals surface area contributed by atoms with Crippen LogP contribution in [0.1, 0.15) is 64.7 Å². The Bertz CT molecular complexity index is 92.7. The van der Waals surface area contributed by atoms with Gasteiger partial charge in [-0.15, -0.1) is 0 Å². The average Bonchev–Trinajstić information content (AvgIpc) is 2.26. The van der Waals surface area contributed by atoms with Crippen molar-refractivity contribution in [2.24, 2.45) is 0 Å². The first-order valence-electron chi connectivity index (χ1n) is 6.57. The predicted molar refractivity (Wildman–Crippen MR) is 77.0 cm³/mol. The minimum atomic E-state index is 0.951. The molecule has 0 aliphatic carbocycles. The van der Waals surface area contributed by atoms with E-state index >= 15 is 0 Å². The van der Waals surface area contributed by atoms with E-state index in [-0.39, 0.29) is 0 Å². The molecule has 0 aromatic carbocycles. The van der Waals surface area contributed by atoms with Gasteiger partial charge in [-0.2, -0.15) is 11.8 Å². The van der Waals surface area contributed by atoms with Gasteiger partial charge in [0.1, 0.15) is 0 Å². The molecule has 91 valence electrons. The van der Waals surface area contributed by atoms with Crippen molar-refractivity contribution in [2.75, 3.05) is 17.3 Å². The van der Waals surface area contributed by atoms with Gasteiger partial charge in [-0.25, -0.2) is 0 Å². The molecule has 1 radical (unpaired) electrons. The van der Waals surface area contributed by atoms with E-state index in [9.17, 15) is 0 Å². The molecule has 2 heteroatoms. The van der Waals surface area contributed by atoms with Crippen molar-refractivity contribution in [3.05, 3.63) is 0 Å². The summed E-state index contributed by atoms with van der Waals surface area (Å²) < 4.78 is 0. The van der Waals surface area contributed by atoms with E-state index in [1.54, 1.807) is 0 Å². The van der Waals surface area contributed by atoms with Crippen LogP contribution in [-0.4, -0.2) is 17.3 Å². The molecular formula is C13H27S2. The van der Waals surface area contributed by atoms with Crippen LogP contribution in [0.4, 0.5) is 0 Å². The third kappa shape index (κ3) is 14.7. The van der Waals surface area contributed by atoms with Gasteiger partial charge in [0.15, 0.2) is 0 Å². The smallest absolute Gasteiger partial charge is 0.00369 e. The number of unbranched alkanes of at least 4 members (excludes halogenated alkanes) is 7. The van der Waals surface area contributed by atoms with Crippen LogP contribution in [0.2, 0.25) is 0 Å². The van der Waals surface area contributed by atoms with Crippen molar-refractivity contribution in [3.8, 4) is 0 Å². The van der Waals surface area contributed by atoms with Crippen molar-refractivity contribution in [2.45, 2.75) is 64.7 Å². The molecule has 0 aliphatic heterocycles. The van der Waals surface area contributed by atoms with Gasteiger partial charge in [-0.1, -0.05) is 58.1 Å².